The van der Waals surface area contributed by atoms with Gasteiger partial charge in [0.2, 0.25) is 21.7 Å². The first-order valence-electron chi connectivity index (χ1n) is 23.9. The molecule has 6 aliphatic carbocycles. The van der Waals surface area contributed by atoms with Crippen LogP contribution < -0.4 is 21.7 Å². The summed E-state index contributed by atoms with van der Waals surface area (Å²) < 4.78 is 0. The molecule has 0 saturated heterocycles. The number of carbonyl (C=O) groups excluding carboxylic acids is 4. The fourth-order valence-corrected chi connectivity index (χ4v) is 13.3. The van der Waals surface area contributed by atoms with E-state index in [0.29, 0.717) is 85.9 Å². The highest BCUT2D eigenvalue weighted by Crippen LogP contribution is 2.43. The number of ketones is 4. The summed E-state index contributed by atoms with van der Waals surface area (Å²) in [5.74, 6) is 3.44. The molecule has 2 aromatic heterocycles. The maximum atomic E-state index is 13.3. The van der Waals surface area contributed by atoms with Gasteiger partial charge in [0, 0.05) is 90.4 Å². The average molecular weight is 877 g/mol. The van der Waals surface area contributed by atoms with E-state index in [1.807, 2.05) is 13.8 Å². The third-order valence-corrected chi connectivity index (χ3v) is 17.6. The van der Waals surface area contributed by atoms with E-state index >= 15 is 0 Å². The molecule has 0 aliphatic heterocycles. The van der Waals surface area contributed by atoms with Gasteiger partial charge in [-0.2, -0.15) is 0 Å². The Kier molecular flexibility index (Phi) is 12.6. The number of fused-ring (bicyclic) bond motifs is 2. The fourth-order valence-electron chi connectivity index (χ4n) is 10.5. The quantitative estimate of drug-likeness (QED) is 0.0639. The lowest BCUT2D eigenvalue weighted by molar-refractivity contribution is -0.120. The van der Waals surface area contributed by atoms with Crippen molar-refractivity contribution in [2.45, 2.75) is 168 Å². The standard InChI is InChI=1S/2C26H30O4S/c2*1-2-17-18(26(30)25(17)29)11-15-6-10-22-19(12-15)24(20(27)9-5-14-3-4-14)23(31-22)13-21(28)16-7-8-16/h2*14-16H,2-13H2,1H3/t2*15-/m10/s1. The molecule has 0 radical (unpaired) electrons. The first-order valence-corrected chi connectivity index (χ1v) is 25.6. The van der Waals surface area contributed by atoms with Crippen molar-refractivity contribution in [3.8, 4) is 0 Å². The number of Topliss-reactive ketones (excluding diaryl/α,β-unsaturated/α-hetero) is 4. The Morgan fingerprint density at radius 1 is 0.484 bits per heavy atom. The highest BCUT2D eigenvalue weighted by atomic mass is 32.1. The highest BCUT2D eigenvalue weighted by Gasteiger charge is 2.37. The number of rotatable bonds is 20. The molecule has 2 aromatic carbocycles. The minimum Gasteiger partial charge on any atom is -0.299 e. The third-order valence-electron chi connectivity index (χ3n) is 15.0. The average Bonchev–Trinajstić information content (AvgIpc) is 4.06. The zero-order chi connectivity index (χ0) is 43.4. The molecule has 328 valence electrons. The zero-order valence-electron chi connectivity index (χ0n) is 36.5. The summed E-state index contributed by atoms with van der Waals surface area (Å²) in [7, 11) is 0. The van der Waals surface area contributed by atoms with E-state index < -0.39 is 0 Å². The molecule has 4 aromatic rings. The van der Waals surface area contributed by atoms with Crippen LogP contribution in [0.3, 0.4) is 0 Å². The summed E-state index contributed by atoms with van der Waals surface area (Å²) in [4.78, 5) is 104. The van der Waals surface area contributed by atoms with Gasteiger partial charge in [-0.15, -0.1) is 22.7 Å². The molecule has 6 aliphatic rings. The second kappa shape index (κ2) is 18.0. The topological polar surface area (TPSA) is 137 Å². The number of aryl methyl sites for hydroxylation is 2. The predicted molar refractivity (Wildman–Crippen MR) is 244 cm³/mol. The van der Waals surface area contributed by atoms with Crippen molar-refractivity contribution in [2.75, 3.05) is 0 Å². The Morgan fingerprint density at radius 2 is 0.855 bits per heavy atom. The van der Waals surface area contributed by atoms with Gasteiger partial charge in [0.25, 0.3) is 0 Å². The molecular formula is C52H60O8S2. The molecule has 2 heterocycles. The summed E-state index contributed by atoms with van der Waals surface area (Å²) in [5.41, 5.74) is 5.64. The Balaban J connectivity index is 0.000000158. The smallest absolute Gasteiger partial charge is 0.229 e. The molecule has 0 spiro atoms. The van der Waals surface area contributed by atoms with Gasteiger partial charge in [-0.1, -0.05) is 39.5 Å². The molecule has 0 N–H and O–H groups in total. The zero-order valence-corrected chi connectivity index (χ0v) is 38.2. The second-order valence-corrected chi connectivity index (χ2v) is 22.2. The lowest BCUT2D eigenvalue weighted by atomic mass is 9.79. The van der Waals surface area contributed by atoms with Crippen LogP contribution in [0, 0.1) is 35.5 Å². The van der Waals surface area contributed by atoms with E-state index in [9.17, 15) is 38.4 Å². The van der Waals surface area contributed by atoms with Crippen molar-refractivity contribution in [2.24, 2.45) is 35.5 Å². The molecule has 8 nitrogen and oxygen atoms in total. The molecule has 0 amide bonds. The molecule has 2 atom stereocenters. The molecule has 4 saturated carbocycles. The SMILES string of the molecule is CCc1c(C[C@@H]2CCc3sc(CC(=O)C4CC4)c(C(=O)CCC4CC4)c3C2)c(=O)c1=O.CCc1c(C[C@H]2CCc3sc(CC(=O)C4CC4)c(C(=O)CCC4CC4)c3C2)c(=O)c1=O. The van der Waals surface area contributed by atoms with Gasteiger partial charge >= 0.3 is 0 Å². The lowest BCUT2D eigenvalue weighted by Gasteiger charge is -2.24. The molecule has 0 unspecified atom stereocenters. The van der Waals surface area contributed by atoms with E-state index in [-0.39, 0.29) is 57.0 Å². The number of thiophene rings is 2. The van der Waals surface area contributed by atoms with Crippen LogP contribution in [0.15, 0.2) is 19.2 Å². The van der Waals surface area contributed by atoms with E-state index in [4.69, 9.17) is 0 Å². The highest BCUT2D eigenvalue weighted by molar-refractivity contribution is 7.13. The summed E-state index contributed by atoms with van der Waals surface area (Å²) >= 11 is 3.37. The van der Waals surface area contributed by atoms with Crippen molar-refractivity contribution in [3.63, 3.8) is 0 Å². The molecule has 62 heavy (non-hydrogen) atoms. The van der Waals surface area contributed by atoms with E-state index in [0.717, 1.165) is 120 Å². The van der Waals surface area contributed by atoms with Crippen LogP contribution in [0.4, 0.5) is 0 Å². The van der Waals surface area contributed by atoms with Gasteiger partial charge in [0.05, 0.1) is 0 Å². The largest absolute Gasteiger partial charge is 0.299 e. The van der Waals surface area contributed by atoms with E-state index in [1.165, 1.54) is 35.4 Å². The minimum atomic E-state index is -0.304. The van der Waals surface area contributed by atoms with Gasteiger partial charge in [0.15, 0.2) is 11.6 Å². The summed E-state index contributed by atoms with van der Waals surface area (Å²) in [6.07, 6.45) is 20.8. The summed E-state index contributed by atoms with van der Waals surface area (Å²) in [6, 6.07) is 0. The van der Waals surface area contributed by atoms with Crippen LogP contribution in [-0.2, 0) is 73.8 Å². The molecule has 10 rings (SSSR count). The van der Waals surface area contributed by atoms with Crippen LogP contribution >= 0.6 is 22.7 Å². The Hall–Kier alpha value is -3.76. The minimum absolute atomic E-state index is 0.211. The van der Waals surface area contributed by atoms with Crippen LogP contribution in [0.25, 0.3) is 0 Å². The first kappa shape index (κ1) is 43.5. The van der Waals surface area contributed by atoms with Crippen LogP contribution in [0.5, 0.6) is 0 Å². The normalized spacial score (nSPS) is 20.7. The number of carbonyl (C=O) groups is 4. The molecule has 4 fully saturated rings. The van der Waals surface area contributed by atoms with Crippen molar-refractivity contribution in [3.05, 3.63) is 105 Å². The first-order chi connectivity index (χ1) is 29.9. The van der Waals surface area contributed by atoms with Gasteiger partial charge in [-0.05, 0) is 138 Å². The van der Waals surface area contributed by atoms with Crippen molar-refractivity contribution >= 4 is 45.8 Å². The van der Waals surface area contributed by atoms with Crippen LogP contribution in [-0.4, -0.2) is 23.1 Å². The van der Waals surface area contributed by atoms with E-state index in [2.05, 4.69) is 0 Å². The Labute approximate surface area is 371 Å². The summed E-state index contributed by atoms with van der Waals surface area (Å²) in [6.45, 7) is 3.86. The Bertz CT molecular complexity index is 2390. The second-order valence-electron chi connectivity index (χ2n) is 19.8. The van der Waals surface area contributed by atoms with E-state index in [1.54, 1.807) is 22.7 Å². The lowest BCUT2D eigenvalue weighted by Crippen LogP contribution is -2.41. The van der Waals surface area contributed by atoms with Crippen LogP contribution in [0.1, 0.15) is 177 Å². The maximum Gasteiger partial charge on any atom is 0.229 e. The van der Waals surface area contributed by atoms with Gasteiger partial charge in [-0.25, -0.2) is 0 Å². The predicted octanol–water partition coefficient (Wildman–Crippen LogP) is 8.30. The molecular weight excluding hydrogens is 817 g/mol. The van der Waals surface area contributed by atoms with Crippen LogP contribution in [0.2, 0.25) is 0 Å². The monoisotopic (exact) mass is 876 g/mol. The summed E-state index contributed by atoms with van der Waals surface area (Å²) in [5, 5.41) is 0. The Morgan fingerprint density at radius 3 is 1.19 bits per heavy atom. The van der Waals surface area contributed by atoms with Crippen molar-refractivity contribution in [1.29, 1.82) is 0 Å². The molecule has 0 bridgehead atoms. The van der Waals surface area contributed by atoms with Gasteiger partial charge in [0.1, 0.15) is 11.6 Å². The van der Waals surface area contributed by atoms with Crippen molar-refractivity contribution in [1.82, 2.24) is 0 Å². The number of hydrogen-bond donors (Lipinski definition) is 0. The van der Waals surface area contributed by atoms with Gasteiger partial charge in [-0.3, -0.25) is 38.4 Å². The fraction of sp³-hybridized carbons (Fsp3) is 0.615. The third kappa shape index (κ3) is 9.25. The maximum absolute atomic E-state index is 13.3. The van der Waals surface area contributed by atoms with Crippen molar-refractivity contribution < 1.29 is 19.2 Å². The van der Waals surface area contributed by atoms with Gasteiger partial charge < -0.3 is 0 Å². The molecule has 10 heteroatoms. The number of hydrogen-bond acceptors (Lipinski definition) is 10.